The Kier molecular flexibility index (Phi) is 5.48. The van der Waals surface area contributed by atoms with Gasteiger partial charge >= 0.3 is 0 Å². The molecule has 1 saturated heterocycles. The molecule has 0 aromatic carbocycles. The first-order valence-electron chi connectivity index (χ1n) is 4.87. The van der Waals surface area contributed by atoms with Gasteiger partial charge < -0.3 is 9.64 Å². The van der Waals surface area contributed by atoms with Crippen LogP contribution in [0.15, 0.2) is 0 Å². The number of halogens is 1. The average Bonchev–Trinajstić information content (AvgIpc) is 2.26. The standard InChI is InChI=1S/C9H15IN2O3/c1-7(13)8(11-10)6-9(14)12-2-4-15-5-3-12/h8,11H,2-6H2,1H3/t8-/m0/s1. The minimum atomic E-state index is -0.374. The molecule has 0 unspecified atom stereocenters. The predicted molar refractivity (Wildman–Crippen MR) is 63.6 cm³/mol. The van der Waals surface area contributed by atoms with E-state index >= 15 is 0 Å². The lowest BCUT2D eigenvalue weighted by Crippen LogP contribution is -2.44. The van der Waals surface area contributed by atoms with Gasteiger partial charge in [0, 0.05) is 42.4 Å². The number of hydrogen-bond acceptors (Lipinski definition) is 4. The molecule has 15 heavy (non-hydrogen) atoms. The zero-order valence-corrected chi connectivity index (χ0v) is 10.8. The molecule has 1 heterocycles. The second-order valence-electron chi connectivity index (χ2n) is 3.47. The Morgan fingerprint density at radius 1 is 1.47 bits per heavy atom. The molecule has 0 spiro atoms. The summed E-state index contributed by atoms with van der Waals surface area (Å²) >= 11 is 1.90. The maximum atomic E-state index is 11.7. The van der Waals surface area contributed by atoms with Crippen LogP contribution >= 0.6 is 22.9 Å². The fourth-order valence-corrected chi connectivity index (χ4v) is 2.03. The number of morpholine rings is 1. The number of Topliss-reactive ketones (excluding diaryl/α,β-unsaturated/α-hetero) is 1. The molecule has 1 atom stereocenters. The van der Waals surface area contributed by atoms with E-state index in [0.717, 1.165) is 0 Å². The topological polar surface area (TPSA) is 58.6 Å². The molecule has 0 aromatic rings. The number of rotatable bonds is 4. The van der Waals surface area contributed by atoms with Gasteiger partial charge in [0.05, 0.1) is 19.3 Å². The van der Waals surface area contributed by atoms with Crippen molar-refractivity contribution in [2.24, 2.45) is 0 Å². The fraction of sp³-hybridized carbons (Fsp3) is 0.778. The molecule has 0 radical (unpaired) electrons. The smallest absolute Gasteiger partial charge is 0.224 e. The van der Waals surface area contributed by atoms with Crippen LogP contribution < -0.4 is 3.53 Å². The molecule has 1 N–H and O–H groups in total. The molecule has 0 aromatic heterocycles. The number of carbonyl (C=O) groups is 2. The van der Waals surface area contributed by atoms with Gasteiger partial charge in [0.25, 0.3) is 0 Å². The highest BCUT2D eigenvalue weighted by atomic mass is 127. The van der Waals surface area contributed by atoms with Crippen LogP contribution in [0.2, 0.25) is 0 Å². The van der Waals surface area contributed by atoms with Gasteiger partial charge in [-0.2, -0.15) is 0 Å². The minimum Gasteiger partial charge on any atom is -0.378 e. The van der Waals surface area contributed by atoms with Crippen LogP contribution in [-0.2, 0) is 14.3 Å². The van der Waals surface area contributed by atoms with Crippen molar-refractivity contribution in [1.29, 1.82) is 0 Å². The summed E-state index contributed by atoms with van der Waals surface area (Å²) in [4.78, 5) is 24.6. The lowest BCUT2D eigenvalue weighted by atomic mass is 10.1. The molecule has 6 heteroatoms. The third-order valence-corrected chi connectivity index (χ3v) is 3.12. The van der Waals surface area contributed by atoms with Gasteiger partial charge in [-0.15, -0.1) is 0 Å². The summed E-state index contributed by atoms with van der Waals surface area (Å²) in [7, 11) is 0. The van der Waals surface area contributed by atoms with Crippen molar-refractivity contribution in [1.82, 2.24) is 8.43 Å². The van der Waals surface area contributed by atoms with Gasteiger partial charge in [-0.1, -0.05) is 0 Å². The van der Waals surface area contributed by atoms with E-state index < -0.39 is 0 Å². The molecule has 5 nitrogen and oxygen atoms in total. The first-order valence-corrected chi connectivity index (χ1v) is 5.95. The minimum absolute atomic E-state index is 0.00832. The highest BCUT2D eigenvalue weighted by Gasteiger charge is 2.22. The third kappa shape index (κ3) is 4.04. The van der Waals surface area contributed by atoms with E-state index in [1.807, 2.05) is 22.9 Å². The summed E-state index contributed by atoms with van der Waals surface area (Å²) in [5.74, 6) is 0.00803. The van der Waals surface area contributed by atoms with Gasteiger partial charge in [-0.3, -0.25) is 13.1 Å². The summed E-state index contributed by atoms with van der Waals surface area (Å²) in [5.41, 5.74) is 0. The summed E-state index contributed by atoms with van der Waals surface area (Å²) in [6.45, 7) is 3.93. The second kappa shape index (κ2) is 6.39. The highest BCUT2D eigenvalue weighted by molar-refractivity contribution is 14.1. The number of ketones is 1. The van der Waals surface area contributed by atoms with Crippen LogP contribution in [0.3, 0.4) is 0 Å². The van der Waals surface area contributed by atoms with E-state index in [-0.39, 0.29) is 24.2 Å². The maximum absolute atomic E-state index is 11.7. The molecule has 1 rings (SSSR count). The Hall–Kier alpha value is -0.210. The van der Waals surface area contributed by atoms with Crippen LogP contribution in [0.5, 0.6) is 0 Å². The number of nitrogens with zero attached hydrogens (tertiary/aromatic N) is 1. The van der Waals surface area contributed by atoms with E-state index in [1.54, 1.807) is 4.90 Å². The third-order valence-electron chi connectivity index (χ3n) is 2.36. The van der Waals surface area contributed by atoms with Gasteiger partial charge in [0.1, 0.15) is 5.78 Å². The predicted octanol–water partition coefficient (Wildman–Crippen LogP) is 0.132. The Morgan fingerprint density at radius 3 is 2.53 bits per heavy atom. The SMILES string of the molecule is CC(=O)[C@H](CC(=O)N1CCOCC1)NI. The molecule has 1 aliphatic heterocycles. The first-order chi connectivity index (χ1) is 7.15. The Labute approximate surface area is 103 Å². The summed E-state index contributed by atoms with van der Waals surface area (Å²) in [6.07, 6.45) is 0.234. The zero-order valence-electron chi connectivity index (χ0n) is 8.66. The summed E-state index contributed by atoms with van der Waals surface area (Å²) < 4.78 is 7.96. The van der Waals surface area contributed by atoms with Crippen LogP contribution in [0.25, 0.3) is 0 Å². The zero-order chi connectivity index (χ0) is 11.3. The van der Waals surface area contributed by atoms with Crippen LogP contribution in [0, 0.1) is 0 Å². The van der Waals surface area contributed by atoms with Crippen molar-refractivity contribution in [2.45, 2.75) is 19.4 Å². The quantitative estimate of drug-likeness (QED) is 0.590. The van der Waals surface area contributed by atoms with Crippen molar-refractivity contribution >= 4 is 34.6 Å². The molecule has 1 fully saturated rings. The number of amides is 1. The number of hydrogen-bond donors (Lipinski definition) is 1. The largest absolute Gasteiger partial charge is 0.378 e. The molecular weight excluding hydrogens is 311 g/mol. The lowest BCUT2D eigenvalue weighted by Gasteiger charge is -2.27. The molecule has 0 bridgehead atoms. The Morgan fingerprint density at radius 2 is 2.07 bits per heavy atom. The first kappa shape index (κ1) is 12.9. The molecule has 0 aliphatic carbocycles. The monoisotopic (exact) mass is 326 g/mol. The second-order valence-corrected chi connectivity index (χ2v) is 4.09. The van der Waals surface area contributed by atoms with Crippen LogP contribution in [0.1, 0.15) is 13.3 Å². The Bertz CT molecular complexity index is 242. The van der Waals surface area contributed by atoms with Crippen LogP contribution in [-0.4, -0.2) is 48.9 Å². The van der Waals surface area contributed by atoms with E-state index in [9.17, 15) is 9.59 Å². The van der Waals surface area contributed by atoms with E-state index in [0.29, 0.717) is 26.3 Å². The van der Waals surface area contributed by atoms with Gasteiger partial charge in [0.15, 0.2) is 0 Å². The van der Waals surface area contributed by atoms with E-state index in [1.165, 1.54) is 6.92 Å². The number of nitrogens with one attached hydrogen (secondary N) is 1. The Balaban J connectivity index is 2.42. The van der Waals surface area contributed by atoms with Crippen molar-refractivity contribution in [2.75, 3.05) is 26.3 Å². The van der Waals surface area contributed by atoms with E-state index in [2.05, 4.69) is 3.53 Å². The number of carbonyl (C=O) groups excluding carboxylic acids is 2. The van der Waals surface area contributed by atoms with Gasteiger partial charge in [0.2, 0.25) is 5.91 Å². The molecular formula is C9H15IN2O3. The maximum Gasteiger partial charge on any atom is 0.224 e. The van der Waals surface area contributed by atoms with Crippen molar-refractivity contribution in [3.05, 3.63) is 0 Å². The van der Waals surface area contributed by atoms with Crippen molar-refractivity contribution in [3.8, 4) is 0 Å². The summed E-state index contributed by atoms with van der Waals surface area (Å²) in [6, 6.07) is -0.374. The van der Waals surface area contributed by atoms with Gasteiger partial charge in [-0.05, 0) is 6.92 Å². The van der Waals surface area contributed by atoms with Crippen LogP contribution in [0.4, 0.5) is 0 Å². The fourth-order valence-electron chi connectivity index (χ4n) is 1.38. The number of ether oxygens (including phenoxy) is 1. The lowest BCUT2D eigenvalue weighted by molar-refractivity contribution is -0.137. The molecule has 1 aliphatic rings. The van der Waals surface area contributed by atoms with E-state index in [4.69, 9.17) is 4.74 Å². The summed E-state index contributed by atoms with van der Waals surface area (Å²) in [5, 5.41) is 0. The van der Waals surface area contributed by atoms with Crippen molar-refractivity contribution < 1.29 is 14.3 Å². The normalized spacial score (nSPS) is 18.7. The average molecular weight is 326 g/mol. The molecule has 1 amide bonds. The molecule has 86 valence electrons. The van der Waals surface area contributed by atoms with Gasteiger partial charge in [-0.25, -0.2) is 0 Å². The molecule has 0 saturated carbocycles. The highest BCUT2D eigenvalue weighted by Crippen LogP contribution is 2.04. The van der Waals surface area contributed by atoms with Crippen molar-refractivity contribution in [3.63, 3.8) is 0 Å².